The van der Waals surface area contributed by atoms with Crippen LogP contribution in [0.25, 0.3) is 0 Å². The van der Waals surface area contributed by atoms with Gasteiger partial charge in [-0.15, -0.1) is 17.0 Å². The number of hydrogen-bond acceptors (Lipinski definition) is 6. The molecule has 0 fully saturated rings. The lowest BCUT2D eigenvalue weighted by atomic mass is 10.0. The van der Waals surface area contributed by atoms with Gasteiger partial charge in [-0.05, 0) is 29.8 Å². The number of rotatable bonds is 7. The number of fused-ring (bicyclic) bond motifs is 1. The molecule has 0 aliphatic carbocycles. The van der Waals surface area contributed by atoms with Crippen LogP contribution in [0.5, 0.6) is 5.75 Å². The van der Waals surface area contributed by atoms with Gasteiger partial charge < -0.3 is 24.8 Å². The van der Waals surface area contributed by atoms with Crippen LogP contribution < -0.4 is 19.9 Å². The molecule has 1 aliphatic rings. The molecule has 2 aromatic rings. The summed E-state index contributed by atoms with van der Waals surface area (Å²) in [4.78, 5) is 30.8. The van der Waals surface area contributed by atoms with Crippen molar-refractivity contribution in [1.82, 2.24) is 10.2 Å². The van der Waals surface area contributed by atoms with Crippen molar-refractivity contribution in [2.75, 3.05) is 58.7 Å². The lowest BCUT2D eigenvalue weighted by molar-refractivity contribution is 0.0955. The molecule has 0 unspecified atom stereocenters. The van der Waals surface area contributed by atoms with Gasteiger partial charge in [0.2, 0.25) is 0 Å². The highest BCUT2D eigenvalue weighted by atomic mass is 79.9. The van der Waals surface area contributed by atoms with Crippen molar-refractivity contribution in [3.63, 3.8) is 0 Å². The molecular weight excluding hydrogens is 510 g/mol. The second-order valence-corrected chi connectivity index (χ2v) is 8.44. The number of hydrogen-bond donors (Lipinski definition) is 2. The molecule has 2 N–H and O–H groups in total. The van der Waals surface area contributed by atoms with E-state index in [0.29, 0.717) is 39.7 Å². The van der Waals surface area contributed by atoms with Gasteiger partial charge in [-0.3, -0.25) is 15.0 Å². The van der Waals surface area contributed by atoms with E-state index in [1.165, 1.54) is 7.11 Å². The summed E-state index contributed by atoms with van der Waals surface area (Å²) in [6.07, 6.45) is 0. The van der Waals surface area contributed by atoms with Crippen LogP contribution in [0.3, 0.4) is 0 Å². The zero-order valence-electron chi connectivity index (χ0n) is 19.6. The highest BCUT2D eigenvalue weighted by Crippen LogP contribution is 2.36. The number of ether oxygens (including phenoxy) is 1. The number of Topliss-reactive ketones (excluding diaryl/α,β-unsaturated/α-hetero) is 1. The van der Waals surface area contributed by atoms with Gasteiger partial charge in [0.1, 0.15) is 5.84 Å². The average molecular weight is 539 g/mol. The molecule has 1 heterocycles. The first kappa shape index (κ1) is 26.5. The van der Waals surface area contributed by atoms with Crippen molar-refractivity contribution in [2.24, 2.45) is 0 Å². The van der Waals surface area contributed by atoms with Crippen LogP contribution in [0.2, 0.25) is 5.02 Å². The molecule has 33 heavy (non-hydrogen) atoms. The highest BCUT2D eigenvalue weighted by Gasteiger charge is 2.29. The normalized spacial score (nSPS) is 12.1. The van der Waals surface area contributed by atoms with Gasteiger partial charge in [-0.25, -0.2) is 0 Å². The fourth-order valence-electron chi connectivity index (χ4n) is 3.80. The summed E-state index contributed by atoms with van der Waals surface area (Å²) in [5, 5.41) is 11.6. The molecular formula is C23H29BrClN5O3. The van der Waals surface area contributed by atoms with Crippen molar-refractivity contribution < 1.29 is 14.3 Å². The number of benzene rings is 2. The fraction of sp³-hybridized carbons (Fsp3) is 0.348. The van der Waals surface area contributed by atoms with Crippen molar-refractivity contribution in [2.45, 2.75) is 6.54 Å². The molecule has 0 bridgehead atoms. The quantitative estimate of drug-likeness (QED) is 0.525. The van der Waals surface area contributed by atoms with Crippen LogP contribution in [0.1, 0.15) is 31.8 Å². The molecule has 10 heteroatoms. The molecule has 0 aromatic heterocycles. The van der Waals surface area contributed by atoms with Gasteiger partial charge in [0.05, 0.1) is 29.9 Å². The van der Waals surface area contributed by atoms with E-state index in [9.17, 15) is 9.59 Å². The minimum absolute atomic E-state index is 0. The van der Waals surface area contributed by atoms with Crippen LogP contribution in [0.15, 0.2) is 24.3 Å². The van der Waals surface area contributed by atoms with Crippen molar-refractivity contribution in [1.29, 1.82) is 5.41 Å². The molecule has 0 spiro atoms. The first-order chi connectivity index (χ1) is 15.1. The maximum absolute atomic E-state index is 13.1. The van der Waals surface area contributed by atoms with Crippen molar-refractivity contribution in [3.8, 4) is 5.75 Å². The molecule has 0 atom stereocenters. The smallest absolute Gasteiger partial charge is 0.253 e. The Morgan fingerprint density at radius 3 is 2.30 bits per heavy atom. The molecule has 2 aromatic carbocycles. The third-order valence-corrected chi connectivity index (χ3v) is 5.75. The fourth-order valence-corrected chi connectivity index (χ4v) is 4.09. The number of amides is 1. The molecule has 0 radical (unpaired) electrons. The second kappa shape index (κ2) is 10.4. The zero-order valence-corrected chi connectivity index (χ0v) is 22.0. The van der Waals surface area contributed by atoms with E-state index >= 15 is 0 Å². The molecule has 0 saturated heterocycles. The summed E-state index contributed by atoms with van der Waals surface area (Å²) < 4.78 is 5.37. The van der Waals surface area contributed by atoms with E-state index in [-0.39, 0.29) is 41.1 Å². The van der Waals surface area contributed by atoms with Crippen LogP contribution >= 0.6 is 28.6 Å². The van der Waals surface area contributed by atoms with Crippen molar-refractivity contribution in [3.05, 3.63) is 51.5 Å². The highest BCUT2D eigenvalue weighted by molar-refractivity contribution is 8.93. The number of carbonyl (C=O) groups is 2. The Morgan fingerprint density at radius 1 is 1.12 bits per heavy atom. The van der Waals surface area contributed by atoms with Crippen LogP contribution in [0, 0.1) is 5.41 Å². The lowest BCUT2D eigenvalue weighted by Gasteiger charge is -2.20. The lowest BCUT2D eigenvalue weighted by Crippen LogP contribution is -2.30. The molecule has 0 saturated carbocycles. The first-order valence-electron chi connectivity index (χ1n) is 10.1. The van der Waals surface area contributed by atoms with E-state index in [1.54, 1.807) is 30.1 Å². The number of carbonyl (C=O) groups excluding carboxylic acids is 2. The Morgan fingerprint density at radius 2 is 1.76 bits per heavy atom. The molecule has 1 aliphatic heterocycles. The standard InChI is InChI=1S/C23H28ClN5O3.BrH/c1-26-23(31)16-10-15-14(9-18(16)27(2)3)11-29(22(15)25)12-20(30)13-7-17(24)21(32-6)19(8-13)28(4)5;/h7-10,25H,11-12H2,1-6H3,(H,26,31);1H. The topological polar surface area (TPSA) is 89.0 Å². The van der Waals surface area contributed by atoms with Crippen LogP contribution in [-0.4, -0.2) is 71.3 Å². The third-order valence-electron chi connectivity index (χ3n) is 5.47. The Hall–Kier alpha value is -2.78. The number of halogens is 2. The maximum atomic E-state index is 13.1. The first-order valence-corrected chi connectivity index (χ1v) is 10.4. The number of nitrogens with zero attached hydrogens (tertiary/aromatic N) is 3. The summed E-state index contributed by atoms with van der Waals surface area (Å²) in [5.74, 6) is 0.348. The largest absolute Gasteiger partial charge is 0.493 e. The van der Waals surface area contributed by atoms with Gasteiger partial charge in [-0.1, -0.05) is 11.6 Å². The number of amidine groups is 1. The van der Waals surface area contributed by atoms with E-state index in [0.717, 1.165) is 11.3 Å². The van der Waals surface area contributed by atoms with E-state index in [4.69, 9.17) is 21.7 Å². The van der Waals surface area contributed by atoms with E-state index in [2.05, 4.69) is 5.32 Å². The monoisotopic (exact) mass is 537 g/mol. The summed E-state index contributed by atoms with van der Waals surface area (Å²) >= 11 is 6.35. The SMILES string of the molecule is Br.CNC(=O)c1cc2c(cc1N(C)C)CN(CC(=O)c1cc(Cl)c(OC)c(N(C)C)c1)C2=N. The number of nitrogens with one attached hydrogen (secondary N) is 2. The molecule has 8 nitrogen and oxygen atoms in total. The zero-order chi connectivity index (χ0) is 23.7. The Balaban J connectivity index is 0.00000385. The Bertz CT molecular complexity index is 1100. The Kier molecular flexibility index (Phi) is 8.37. The number of anilines is 2. The molecule has 3 rings (SSSR count). The van der Waals surface area contributed by atoms with Gasteiger partial charge in [0.15, 0.2) is 11.5 Å². The van der Waals surface area contributed by atoms with Gasteiger partial charge in [0, 0.05) is 58.6 Å². The summed E-state index contributed by atoms with van der Waals surface area (Å²) in [5.41, 5.74) is 3.97. The van der Waals surface area contributed by atoms with Crippen LogP contribution in [0.4, 0.5) is 11.4 Å². The van der Waals surface area contributed by atoms with E-state index in [1.807, 2.05) is 44.1 Å². The minimum Gasteiger partial charge on any atom is -0.493 e. The number of ketones is 1. The van der Waals surface area contributed by atoms with Gasteiger partial charge in [0.25, 0.3) is 5.91 Å². The minimum atomic E-state index is -0.220. The van der Waals surface area contributed by atoms with Crippen molar-refractivity contribution >= 4 is 57.5 Å². The predicted octanol–water partition coefficient (Wildman–Crippen LogP) is 3.44. The van der Waals surface area contributed by atoms with Crippen LogP contribution in [-0.2, 0) is 6.54 Å². The average Bonchev–Trinajstić information content (AvgIpc) is 3.05. The molecule has 178 valence electrons. The third kappa shape index (κ3) is 5.09. The van der Waals surface area contributed by atoms with E-state index < -0.39 is 0 Å². The molecule has 1 amide bonds. The van der Waals surface area contributed by atoms with Gasteiger partial charge >= 0.3 is 0 Å². The second-order valence-electron chi connectivity index (χ2n) is 8.03. The predicted molar refractivity (Wildman–Crippen MR) is 138 cm³/mol. The number of methoxy groups -OCH3 is 1. The van der Waals surface area contributed by atoms with Gasteiger partial charge in [-0.2, -0.15) is 0 Å². The summed E-state index contributed by atoms with van der Waals surface area (Å²) in [6.45, 7) is 0.439. The Labute approximate surface area is 209 Å². The summed E-state index contributed by atoms with van der Waals surface area (Å²) in [7, 11) is 10.5. The maximum Gasteiger partial charge on any atom is 0.253 e. The summed E-state index contributed by atoms with van der Waals surface area (Å²) in [6, 6.07) is 6.97.